The van der Waals surface area contributed by atoms with Gasteiger partial charge in [-0.1, -0.05) is 6.07 Å². The molecule has 0 unspecified atom stereocenters. The number of aromatic nitrogens is 4. The Bertz CT molecular complexity index is 875. The lowest BCUT2D eigenvalue weighted by molar-refractivity contribution is 0.0681. The van der Waals surface area contributed by atoms with Gasteiger partial charge in [-0.2, -0.15) is 10.2 Å². The van der Waals surface area contributed by atoms with Crippen LogP contribution in [0, 0.1) is 12.8 Å². The summed E-state index contributed by atoms with van der Waals surface area (Å²) in [5.41, 5.74) is 2.82. The minimum Gasteiger partial charge on any atom is -0.339 e. The standard InChI is InChI=1S/C20H23N5O/c1-16-13-22-24(14-16)15-17-6-10-23(11-7-17)20(26)18-4-2-5-19(12-18)25-9-3-8-21-25/h2-5,8-9,12-14,17H,6-7,10-11,15H2,1H3. The van der Waals surface area contributed by atoms with Crippen LogP contribution in [0.1, 0.15) is 28.8 Å². The largest absolute Gasteiger partial charge is 0.339 e. The number of amides is 1. The molecule has 0 aliphatic carbocycles. The van der Waals surface area contributed by atoms with E-state index in [1.165, 1.54) is 5.56 Å². The SMILES string of the molecule is Cc1cnn(CC2CCN(C(=O)c3cccc(-n4cccn4)c3)CC2)c1. The molecule has 3 aromatic rings. The maximum Gasteiger partial charge on any atom is 0.253 e. The Hall–Kier alpha value is -2.89. The summed E-state index contributed by atoms with van der Waals surface area (Å²) in [7, 11) is 0. The van der Waals surface area contributed by atoms with Crippen LogP contribution in [-0.4, -0.2) is 43.5 Å². The first-order valence-corrected chi connectivity index (χ1v) is 9.07. The Morgan fingerprint density at radius 1 is 1.19 bits per heavy atom. The molecule has 1 fully saturated rings. The Labute approximate surface area is 153 Å². The van der Waals surface area contributed by atoms with E-state index < -0.39 is 0 Å². The molecule has 26 heavy (non-hydrogen) atoms. The highest BCUT2D eigenvalue weighted by atomic mass is 16.2. The molecule has 1 aromatic carbocycles. The predicted octanol–water partition coefficient (Wildman–Crippen LogP) is 2.93. The lowest BCUT2D eigenvalue weighted by Crippen LogP contribution is -2.39. The molecule has 0 radical (unpaired) electrons. The molecule has 1 aliphatic rings. The lowest BCUT2D eigenvalue weighted by Gasteiger charge is -2.32. The fourth-order valence-electron chi connectivity index (χ4n) is 3.54. The number of likely N-dealkylation sites (tertiary alicyclic amines) is 1. The van der Waals surface area contributed by atoms with Gasteiger partial charge in [-0.05, 0) is 55.5 Å². The molecule has 1 amide bonds. The van der Waals surface area contributed by atoms with Gasteiger partial charge in [0.15, 0.2) is 0 Å². The third-order valence-corrected chi connectivity index (χ3v) is 4.97. The van der Waals surface area contributed by atoms with E-state index in [2.05, 4.69) is 23.3 Å². The van der Waals surface area contributed by atoms with Crippen molar-refractivity contribution in [2.24, 2.45) is 5.92 Å². The molecule has 134 valence electrons. The Balaban J connectivity index is 1.38. The summed E-state index contributed by atoms with van der Waals surface area (Å²) in [6.45, 7) is 4.60. The molecule has 1 aliphatic heterocycles. The Kier molecular flexibility index (Phi) is 4.56. The number of rotatable bonds is 4. The van der Waals surface area contributed by atoms with Crippen molar-refractivity contribution in [3.63, 3.8) is 0 Å². The van der Waals surface area contributed by atoms with Gasteiger partial charge in [0.2, 0.25) is 0 Å². The zero-order chi connectivity index (χ0) is 17.9. The van der Waals surface area contributed by atoms with Crippen molar-refractivity contribution in [1.82, 2.24) is 24.5 Å². The normalized spacial score (nSPS) is 15.3. The van der Waals surface area contributed by atoms with Crippen LogP contribution in [0.3, 0.4) is 0 Å². The molecule has 0 N–H and O–H groups in total. The van der Waals surface area contributed by atoms with Crippen LogP contribution in [-0.2, 0) is 6.54 Å². The summed E-state index contributed by atoms with van der Waals surface area (Å²) in [6, 6.07) is 9.54. The highest BCUT2D eigenvalue weighted by Crippen LogP contribution is 2.21. The second kappa shape index (κ2) is 7.15. The number of aryl methyl sites for hydroxylation is 1. The molecule has 0 bridgehead atoms. The smallest absolute Gasteiger partial charge is 0.253 e. The van der Waals surface area contributed by atoms with Gasteiger partial charge in [-0.3, -0.25) is 9.48 Å². The van der Waals surface area contributed by atoms with Crippen molar-refractivity contribution in [3.05, 3.63) is 66.2 Å². The maximum absolute atomic E-state index is 12.9. The molecule has 4 rings (SSSR count). The van der Waals surface area contributed by atoms with Crippen molar-refractivity contribution in [2.45, 2.75) is 26.3 Å². The highest BCUT2D eigenvalue weighted by Gasteiger charge is 2.24. The first kappa shape index (κ1) is 16.6. The zero-order valence-electron chi connectivity index (χ0n) is 15.0. The van der Waals surface area contributed by atoms with E-state index >= 15 is 0 Å². The van der Waals surface area contributed by atoms with Crippen molar-refractivity contribution in [1.29, 1.82) is 0 Å². The van der Waals surface area contributed by atoms with Gasteiger partial charge in [-0.25, -0.2) is 4.68 Å². The van der Waals surface area contributed by atoms with Crippen molar-refractivity contribution in [2.75, 3.05) is 13.1 Å². The van der Waals surface area contributed by atoms with Crippen LogP contribution in [0.4, 0.5) is 0 Å². The average molecular weight is 349 g/mol. The van der Waals surface area contributed by atoms with E-state index in [9.17, 15) is 4.79 Å². The summed E-state index contributed by atoms with van der Waals surface area (Å²) in [4.78, 5) is 14.8. The third kappa shape index (κ3) is 3.54. The second-order valence-electron chi connectivity index (χ2n) is 6.98. The first-order valence-electron chi connectivity index (χ1n) is 9.07. The van der Waals surface area contributed by atoms with Crippen molar-refractivity contribution in [3.8, 4) is 5.69 Å². The minimum atomic E-state index is 0.104. The summed E-state index contributed by atoms with van der Waals surface area (Å²) >= 11 is 0. The van der Waals surface area contributed by atoms with Gasteiger partial charge >= 0.3 is 0 Å². The molecule has 6 nitrogen and oxygen atoms in total. The van der Waals surface area contributed by atoms with Crippen LogP contribution >= 0.6 is 0 Å². The topological polar surface area (TPSA) is 56.0 Å². The Morgan fingerprint density at radius 2 is 2.04 bits per heavy atom. The molecule has 6 heteroatoms. The number of carbonyl (C=O) groups is 1. The highest BCUT2D eigenvalue weighted by molar-refractivity contribution is 5.94. The fraction of sp³-hybridized carbons (Fsp3) is 0.350. The molecule has 1 saturated heterocycles. The van der Waals surface area contributed by atoms with E-state index in [4.69, 9.17) is 0 Å². The Morgan fingerprint density at radius 3 is 2.73 bits per heavy atom. The average Bonchev–Trinajstić information content (AvgIpc) is 3.34. The molecule has 0 saturated carbocycles. The number of piperidine rings is 1. The van der Waals surface area contributed by atoms with E-state index in [-0.39, 0.29) is 5.91 Å². The predicted molar refractivity (Wildman–Crippen MR) is 99.2 cm³/mol. The lowest BCUT2D eigenvalue weighted by atomic mass is 9.96. The van der Waals surface area contributed by atoms with E-state index in [0.29, 0.717) is 5.92 Å². The molecule has 2 aromatic heterocycles. The number of benzene rings is 1. The minimum absolute atomic E-state index is 0.104. The number of hydrogen-bond donors (Lipinski definition) is 0. The van der Waals surface area contributed by atoms with Crippen LogP contribution in [0.5, 0.6) is 0 Å². The monoisotopic (exact) mass is 349 g/mol. The molecular weight excluding hydrogens is 326 g/mol. The quantitative estimate of drug-likeness (QED) is 0.728. The molecule has 3 heterocycles. The van der Waals surface area contributed by atoms with Gasteiger partial charge < -0.3 is 4.90 Å². The van der Waals surface area contributed by atoms with Crippen LogP contribution in [0.15, 0.2) is 55.1 Å². The number of nitrogens with zero attached hydrogens (tertiary/aromatic N) is 5. The fourth-order valence-corrected chi connectivity index (χ4v) is 3.54. The number of hydrogen-bond acceptors (Lipinski definition) is 3. The summed E-state index contributed by atoms with van der Waals surface area (Å²) < 4.78 is 3.79. The van der Waals surface area contributed by atoms with Gasteiger partial charge in [0.1, 0.15) is 0 Å². The summed E-state index contributed by atoms with van der Waals surface area (Å²) in [6.07, 6.45) is 9.63. The first-order chi connectivity index (χ1) is 12.7. The zero-order valence-corrected chi connectivity index (χ0v) is 15.0. The van der Waals surface area contributed by atoms with Gasteiger partial charge in [-0.15, -0.1) is 0 Å². The van der Waals surface area contributed by atoms with Crippen LogP contribution < -0.4 is 0 Å². The molecule has 0 spiro atoms. The van der Waals surface area contributed by atoms with Gasteiger partial charge in [0, 0.05) is 43.8 Å². The van der Waals surface area contributed by atoms with Crippen molar-refractivity contribution >= 4 is 5.91 Å². The van der Waals surface area contributed by atoms with Crippen LogP contribution in [0.2, 0.25) is 0 Å². The van der Waals surface area contributed by atoms with Crippen molar-refractivity contribution < 1.29 is 4.79 Å². The second-order valence-corrected chi connectivity index (χ2v) is 6.98. The van der Waals surface area contributed by atoms with E-state index in [1.807, 2.05) is 52.3 Å². The van der Waals surface area contributed by atoms with Gasteiger partial charge in [0.25, 0.3) is 5.91 Å². The molecular formula is C20H23N5O. The number of carbonyl (C=O) groups excluding carboxylic acids is 1. The summed E-state index contributed by atoms with van der Waals surface area (Å²) in [5, 5.41) is 8.61. The maximum atomic E-state index is 12.9. The van der Waals surface area contributed by atoms with E-state index in [0.717, 1.165) is 43.7 Å². The molecule has 0 atom stereocenters. The summed E-state index contributed by atoms with van der Waals surface area (Å²) in [5.74, 6) is 0.682. The van der Waals surface area contributed by atoms with E-state index in [1.54, 1.807) is 10.9 Å². The van der Waals surface area contributed by atoms with Crippen LogP contribution in [0.25, 0.3) is 5.69 Å². The third-order valence-electron chi connectivity index (χ3n) is 4.97. The van der Waals surface area contributed by atoms with Gasteiger partial charge in [0.05, 0.1) is 11.9 Å².